The van der Waals surface area contributed by atoms with E-state index < -0.39 is 0 Å². The molecule has 0 aliphatic carbocycles. The highest BCUT2D eigenvalue weighted by Gasteiger charge is 2.09. The van der Waals surface area contributed by atoms with E-state index in [0.717, 1.165) is 22.8 Å². The summed E-state index contributed by atoms with van der Waals surface area (Å²) in [5.74, 6) is 0.606. The van der Waals surface area contributed by atoms with Crippen LogP contribution in [0.2, 0.25) is 0 Å². The fraction of sp³-hybridized carbons (Fsp3) is 0.538. The van der Waals surface area contributed by atoms with Gasteiger partial charge < -0.3 is 4.74 Å². The van der Waals surface area contributed by atoms with Crippen molar-refractivity contribution in [3.63, 3.8) is 0 Å². The molecule has 0 fully saturated rings. The van der Waals surface area contributed by atoms with E-state index in [2.05, 4.69) is 56.1 Å². The van der Waals surface area contributed by atoms with Crippen molar-refractivity contribution in [3.05, 3.63) is 34.3 Å². The third kappa shape index (κ3) is 4.98. The quantitative estimate of drug-likeness (QED) is 0.510. The van der Waals surface area contributed by atoms with Crippen molar-refractivity contribution in [2.45, 2.75) is 25.2 Å². The molecule has 3 heteroatoms. The largest absolute Gasteiger partial charge is 0.385 e. The molecule has 0 aliphatic rings. The first kappa shape index (κ1) is 14.2. The zero-order valence-corrected chi connectivity index (χ0v) is 12.8. The van der Waals surface area contributed by atoms with Gasteiger partial charge in [-0.05, 0) is 36.5 Å². The Labute approximate surface area is 115 Å². The molecule has 1 atom stereocenters. The number of hydrogen-bond acceptors (Lipinski definition) is 1. The van der Waals surface area contributed by atoms with Crippen LogP contribution in [0.25, 0.3) is 0 Å². The van der Waals surface area contributed by atoms with Crippen molar-refractivity contribution in [2.24, 2.45) is 0 Å². The Kier molecular flexibility index (Phi) is 7.33. The first-order valence-electron chi connectivity index (χ1n) is 5.58. The molecule has 0 bridgehead atoms. The van der Waals surface area contributed by atoms with E-state index in [1.165, 1.54) is 18.4 Å². The van der Waals surface area contributed by atoms with E-state index in [-0.39, 0.29) is 0 Å². The topological polar surface area (TPSA) is 9.23 Å². The van der Waals surface area contributed by atoms with Crippen molar-refractivity contribution in [3.8, 4) is 0 Å². The molecule has 1 rings (SSSR count). The van der Waals surface area contributed by atoms with Gasteiger partial charge in [0.05, 0.1) is 0 Å². The van der Waals surface area contributed by atoms with Gasteiger partial charge in [-0.25, -0.2) is 0 Å². The van der Waals surface area contributed by atoms with Gasteiger partial charge in [0.1, 0.15) is 0 Å². The summed E-state index contributed by atoms with van der Waals surface area (Å²) in [5, 5.41) is 1.02. The van der Waals surface area contributed by atoms with Crippen molar-refractivity contribution in [1.29, 1.82) is 0 Å². The molecular weight excluding hydrogens is 332 g/mol. The monoisotopic (exact) mass is 348 g/mol. The summed E-state index contributed by atoms with van der Waals surface area (Å²) in [4.78, 5) is 0. The molecule has 0 saturated carbocycles. The van der Waals surface area contributed by atoms with Gasteiger partial charge in [0.2, 0.25) is 0 Å². The lowest BCUT2D eigenvalue weighted by molar-refractivity contribution is 0.191. The molecule has 1 aromatic rings. The second-order valence-corrected chi connectivity index (χ2v) is 5.46. The molecule has 0 aromatic heterocycles. The van der Waals surface area contributed by atoms with E-state index in [1.807, 2.05) is 0 Å². The van der Waals surface area contributed by atoms with Crippen LogP contribution in [0.4, 0.5) is 0 Å². The van der Waals surface area contributed by atoms with Crippen molar-refractivity contribution < 1.29 is 4.74 Å². The highest BCUT2D eigenvalue weighted by Crippen LogP contribution is 2.26. The first-order chi connectivity index (χ1) is 7.77. The Hall–Kier alpha value is 0.140. The number of ether oxygens (including phenoxy) is 1. The van der Waals surface area contributed by atoms with Crippen LogP contribution in [0, 0.1) is 0 Å². The number of halogens is 2. The standard InChI is InChI=1S/C13H18Br2O/c1-16-8-3-2-5-12(10-14)11-6-4-7-13(15)9-11/h4,6-7,9,12H,2-3,5,8,10H2,1H3. The molecule has 0 N–H and O–H groups in total. The number of rotatable bonds is 7. The summed E-state index contributed by atoms with van der Waals surface area (Å²) in [6.45, 7) is 0.869. The van der Waals surface area contributed by atoms with Crippen molar-refractivity contribution in [2.75, 3.05) is 19.0 Å². The molecular formula is C13H18Br2O. The highest BCUT2D eigenvalue weighted by molar-refractivity contribution is 9.10. The molecule has 1 unspecified atom stereocenters. The predicted octanol–water partition coefficient (Wildman–Crippen LogP) is 4.74. The normalized spacial score (nSPS) is 12.7. The minimum absolute atomic E-state index is 0.606. The van der Waals surface area contributed by atoms with Gasteiger partial charge >= 0.3 is 0 Å². The molecule has 0 heterocycles. The van der Waals surface area contributed by atoms with Crippen LogP contribution in [0.1, 0.15) is 30.7 Å². The predicted molar refractivity (Wildman–Crippen MR) is 76.4 cm³/mol. The van der Waals surface area contributed by atoms with Crippen LogP contribution in [-0.2, 0) is 4.74 Å². The zero-order valence-electron chi connectivity index (χ0n) is 9.59. The summed E-state index contributed by atoms with van der Waals surface area (Å²) >= 11 is 7.12. The van der Waals surface area contributed by atoms with Crippen molar-refractivity contribution >= 4 is 31.9 Å². The maximum absolute atomic E-state index is 5.06. The van der Waals surface area contributed by atoms with E-state index in [4.69, 9.17) is 4.74 Å². The van der Waals surface area contributed by atoms with Crippen molar-refractivity contribution in [1.82, 2.24) is 0 Å². The molecule has 1 aromatic carbocycles. The van der Waals surface area contributed by atoms with Crippen LogP contribution in [-0.4, -0.2) is 19.0 Å². The van der Waals surface area contributed by atoms with E-state index in [0.29, 0.717) is 5.92 Å². The average Bonchev–Trinajstić information content (AvgIpc) is 2.29. The highest BCUT2D eigenvalue weighted by atomic mass is 79.9. The van der Waals surface area contributed by atoms with Gasteiger partial charge in [-0.2, -0.15) is 0 Å². The molecule has 0 spiro atoms. The minimum Gasteiger partial charge on any atom is -0.385 e. The molecule has 0 saturated heterocycles. The molecule has 0 aliphatic heterocycles. The Bertz CT molecular complexity index is 302. The average molecular weight is 350 g/mol. The second-order valence-electron chi connectivity index (χ2n) is 3.89. The third-order valence-corrected chi connectivity index (χ3v) is 3.93. The maximum atomic E-state index is 5.06. The number of hydrogen-bond donors (Lipinski definition) is 0. The summed E-state index contributed by atoms with van der Waals surface area (Å²) in [6.07, 6.45) is 3.58. The van der Waals surface area contributed by atoms with Gasteiger partial charge in [-0.15, -0.1) is 0 Å². The van der Waals surface area contributed by atoms with E-state index in [1.54, 1.807) is 7.11 Å². The maximum Gasteiger partial charge on any atom is 0.0462 e. The van der Waals surface area contributed by atoms with Crippen LogP contribution in [0.5, 0.6) is 0 Å². The van der Waals surface area contributed by atoms with Gasteiger partial charge in [0, 0.05) is 23.5 Å². The summed E-state index contributed by atoms with van der Waals surface area (Å²) in [7, 11) is 1.76. The van der Waals surface area contributed by atoms with Crippen LogP contribution < -0.4 is 0 Å². The SMILES string of the molecule is COCCCCC(CBr)c1cccc(Br)c1. The van der Waals surface area contributed by atoms with Gasteiger partial charge in [0.15, 0.2) is 0 Å². The second kappa shape index (κ2) is 8.26. The van der Waals surface area contributed by atoms with Gasteiger partial charge in [-0.3, -0.25) is 0 Å². The van der Waals surface area contributed by atoms with E-state index >= 15 is 0 Å². The molecule has 1 nitrogen and oxygen atoms in total. The summed E-state index contributed by atoms with van der Waals surface area (Å²) < 4.78 is 6.22. The lowest BCUT2D eigenvalue weighted by Crippen LogP contribution is -2.01. The third-order valence-electron chi connectivity index (χ3n) is 2.66. The zero-order chi connectivity index (χ0) is 11.8. The summed E-state index contributed by atoms with van der Waals surface area (Å²) in [6, 6.07) is 8.58. The van der Waals surface area contributed by atoms with Crippen LogP contribution in [0.3, 0.4) is 0 Å². The number of benzene rings is 1. The fourth-order valence-corrected chi connectivity index (χ4v) is 2.85. The molecule has 90 valence electrons. The Balaban J connectivity index is 2.47. The molecule has 16 heavy (non-hydrogen) atoms. The molecule has 0 amide bonds. The Morgan fingerprint density at radius 2 is 2.12 bits per heavy atom. The molecule has 0 radical (unpaired) electrons. The lowest BCUT2D eigenvalue weighted by atomic mass is 9.95. The summed E-state index contributed by atoms with van der Waals surface area (Å²) in [5.41, 5.74) is 1.41. The smallest absolute Gasteiger partial charge is 0.0462 e. The fourth-order valence-electron chi connectivity index (χ4n) is 1.73. The first-order valence-corrected chi connectivity index (χ1v) is 7.49. The lowest BCUT2D eigenvalue weighted by Gasteiger charge is -2.14. The van der Waals surface area contributed by atoms with E-state index in [9.17, 15) is 0 Å². The Morgan fingerprint density at radius 3 is 2.75 bits per heavy atom. The van der Waals surface area contributed by atoms with Crippen LogP contribution in [0.15, 0.2) is 28.7 Å². The number of unbranched alkanes of at least 4 members (excludes halogenated alkanes) is 1. The van der Waals surface area contributed by atoms with Crippen LogP contribution >= 0.6 is 31.9 Å². The van der Waals surface area contributed by atoms with Gasteiger partial charge in [0.25, 0.3) is 0 Å². The van der Waals surface area contributed by atoms with Gasteiger partial charge in [-0.1, -0.05) is 50.4 Å². The number of methoxy groups -OCH3 is 1. The number of alkyl halides is 1. The Morgan fingerprint density at radius 1 is 1.31 bits per heavy atom. The minimum atomic E-state index is 0.606.